The van der Waals surface area contributed by atoms with Gasteiger partial charge in [-0.2, -0.15) is 0 Å². The lowest BCUT2D eigenvalue weighted by molar-refractivity contribution is 0.132. The standard InChI is InChI=1S/C10H18N2S/c11-10(13)7-12-6-2-4-8-3-1-5-9(8)12/h8-9H,1-7H2,(H2,11,13). The monoisotopic (exact) mass is 198 g/mol. The molecule has 1 saturated heterocycles. The number of nitrogens with two attached hydrogens (primary N) is 1. The van der Waals surface area contributed by atoms with Crippen LogP contribution in [0, 0.1) is 5.92 Å². The van der Waals surface area contributed by atoms with Gasteiger partial charge >= 0.3 is 0 Å². The van der Waals surface area contributed by atoms with Crippen molar-refractivity contribution in [3.8, 4) is 0 Å². The molecule has 3 heteroatoms. The first-order valence-electron chi connectivity index (χ1n) is 5.30. The van der Waals surface area contributed by atoms with Gasteiger partial charge in [-0.05, 0) is 38.1 Å². The first kappa shape index (κ1) is 9.41. The van der Waals surface area contributed by atoms with Crippen LogP contribution in [0.5, 0.6) is 0 Å². The molecule has 1 heterocycles. The van der Waals surface area contributed by atoms with Gasteiger partial charge < -0.3 is 5.73 Å². The molecule has 2 fully saturated rings. The van der Waals surface area contributed by atoms with Crippen LogP contribution in [0.1, 0.15) is 32.1 Å². The minimum Gasteiger partial charge on any atom is -0.392 e. The van der Waals surface area contributed by atoms with Gasteiger partial charge in [-0.3, -0.25) is 4.90 Å². The first-order chi connectivity index (χ1) is 6.27. The van der Waals surface area contributed by atoms with E-state index in [0.29, 0.717) is 4.99 Å². The van der Waals surface area contributed by atoms with Crippen LogP contribution in [0.4, 0.5) is 0 Å². The molecule has 74 valence electrons. The highest BCUT2D eigenvalue weighted by Gasteiger charge is 2.34. The maximum atomic E-state index is 5.60. The summed E-state index contributed by atoms with van der Waals surface area (Å²) in [6, 6.07) is 0.801. The average Bonchev–Trinajstić information content (AvgIpc) is 2.51. The lowest BCUT2D eigenvalue weighted by atomic mass is 9.92. The van der Waals surface area contributed by atoms with E-state index in [1.54, 1.807) is 0 Å². The Bertz CT molecular complexity index is 205. The topological polar surface area (TPSA) is 29.3 Å². The molecule has 2 atom stereocenters. The van der Waals surface area contributed by atoms with E-state index in [9.17, 15) is 0 Å². The molecule has 1 saturated carbocycles. The van der Waals surface area contributed by atoms with Gasteiger partial charge in [0.1, 0.15) is 0 Å². The van der Waals surface area contributed by atoms with E-state index in [-0.39, 0.29) is 0 Å². The van der Waals surface area contributed by atoms with E-state index >= 15 is 0 Å². The molecule has 2 rings (SSSR count). The zero-order valence-corrected chi connectivity index (χ0v) is 8.85. The van der Waals surface area contributed by atoms with Gasteiger partial charge in [0.25, 0.3) is 0 Å². The molecular formula is C10H18N2S. The van der Waals surface area contributed by atoms with Crippen molar-refractivity contribution in [2.45, 2.75) is 38.1 Å². The summed E-state index contributed by atoms with van der Waals surface area (Å²) >= 11 is 4.97. The second kappa shape index (κ2) is 3.93. The molecule has 0 spiro atoms. The second-order valence-electron chi connectivity index (χ2n) is 4.34. The SMILES string of the molecule is NC(=S)CN1CCCC2CCCC21. The normalized spacial score (nSPS) is 34.5. The Morgan fingerprint density at radius 1 is 1.31 bits per heavy atom. The van der Waals surface area contributed by atoms with Crippen LogP contribution >= 0.6 is 12.2 Å². The van der Waals surface area contributed by atoms with E-state index < -0.39 is 0 Å². The van der Waals surface area contributed by atoms with E-state index in [0.717, 1.165) is 18.5 Å². The number of nitrogens with zero attached hydrogens (tertiary/aromatic N) is 1. The number of fused-ring (bicyclic) bond motifs is 1. The van der Waals surface area contributed by atoms with Gasteiger partial charge in [-0.25, -0.2) is 0 Å². The first-order valence-corrected chi connectivity index (χ1v) is 5.70. The fourth-order valence-corrected chi connectivity index (χ4v) is 3.12. The molecule has 1 aliphatic carbocycles. The van der Waals surface area contributed by atoms with Gasteiger partial charge in [-0.1, -0.05) is 18.6 Å². The predicted molar refractivity (Wildman–Crippen MR) is 58.7 cm³/mol. The zero-order chi connectivity index (χ0) is 9.26. The third kappa shape index (κ3) is 2.02. The van der Waals surface area contributed by atoms with Gasteiger partial charge in [0.15, 0.2) is 0 Å². The van der Waals surface area contributed by atoms with Crippen LogP contribution in [0.3, 0.4) is 0 Å². The van der Waals surface area contributed by atoms with Crippen LogP contribution in [0.25, 0.3) is 0 Å². The number of thiocarbonyl (C=S) groups is 1. The van der Waals surface area contributed by atoms with Crippen molar-refractivity contribution in [1.29, 1.82) is 0 Å². The van der Waals surface area contributed by atoms with E-state index in [1.807, 2.05) is 0 Å². The fraction of sp³-hybridized carbons (Fsp3) is 0.900. The molecule has 0 aromatic heterocycles. The Labute approximate surface area is 85.5 Å². The van der Waals surface area contributed by atoms with E-state index in [4.69, 9.17) is 18.0 Å². The summed E-state index contributed by atoms with van der Waals surface area (Å²) in [5, 5.41) is 0. The molecule has 1 aliphatic heterocycles. The average molecular weight is 198 g/mol. The van der Waals surface area contributed by atoms with Crippen molar-refractivity contribution in [3.05, 3.63) is 0 Å². The Hall–Kier alpha value is -0.150. The zero-order valence-electron chi connectivity index (χ0n) is 8.04. The van der Waals surface area contributed by atoms with Crippen LogP contribution in [0.2, 0.25) is 0 Å². The molecule has 0 radical (unpaired) electrons. The van der Waals surface area contributed by atoms with Gasteiger partial charge in [-0.15, -0.1) is 0 Å². The molecule has 0 aromatic rings. The number of piperidine rings is 1. The Morgan fingerprint density at radius 3 is 2.85 bits per heavy atom. The maximum absolute atomic E-state index is 5.60. The Balaban J connectivity index is 1.97. The molecule has 0 aromatic carbocycles. The van der Waals surface area contributed by atoms with Gasteiger partial charge in [0, 0.05) is 12.6 Å². The van der Waals surface area contributed by atoms with Crippen molar-refractivity contribution < 1.29 is 0 Å². The summed E-state index contributed by atoms with van der Waals surface area (Å²) in [6.45, 7) is 2.05. The van der Waals surface area contributed by atoms with Crippen LogP contribution < -0.4 is 5.73 Å². The highest BCUT2D eigenvalue weighted by molar-refractivity contribution is 7.80. The summed E-state index contributed by atoms with van der Waals surface area (Å²) in [6.07, 6.45) is 6.97. The van der Waals surface area contributed by atoms with Crippen molar-refractivity contribution in [1.82, 2.24) is 4.90 Å². The molecule has 2 unspecified atom stereocenters. The van der Waals surface area contributed by atoms with Gasteiger partial charge in [0.2, 0.25) is 0 Å². The second-order valence-corrected chi connectivity index (χ2v) is 4.86. The maximum Gasteiger partial charge on any atom is 0.0870 e. The Kier molecular flexibility index (Phi) is 2.84. The summed E-state index contributed by atoms with van der Waals surface area (Å²) in [7, 11) is 0. The third-order valence-electron chi connectivity index (χ3n) is 3.47. The molecular weight excluding hydrogens is 180 g/mol. The molecule has 2 N–H and O–H groups in total. The molecule has 0 amide bonds. The highest BCUT2D eigenvalue weighted by Crippen LogP contribution is 2.36. The predicted octanol–water partition coefficient (Wildman–Crippen LogP) is 1.54. The lowest BCUT2D eigenvalue weighted by Crippen LogP contribution is -2.46. The Morgan fingerprint density at radius 2 is 2.08 bits per heavy atom. The third-order valence-corrected chi connectivity index (χ3v) is 3.60. The number of rotatable bonds is 2. The summed E-state index contributed by atoms with van der Waals surface area (Å²) < 4.78 is 0. The smallest absolute Gasteiger partial charge is 0.0870 e. The van der Waals surface area contributed by atoms with Crippen molar-refractivity contribution >= 4 is 17.2 Å². The lowest BCUT2D eigenvalue weighted by Gasteiger charge is -2.37. The largest absolute Gasteiger partial charge is 0.392 e. The van der Waals surface area contributed by atoms with Crippen molar-refractivity contribution in [2.24, 2.45) is 11.7 Å². The van der Waals surface area contributed by atoms with Gasteiger partial charge in [0.05, 0.1) is 4.99 Å². The highest BCUT2D eigenvalue weighted by atomic mass is 32.1. The number of likely N-dealkylation sites (tertiary alicyclic amines) is 1. The minimum atomic E-state index is 0.660. The number of hydrogen-bond donors (Lipinski definition) is 1. The summed E-state index contributed by atoms with van der Waals surface area (Å²) in [5.74, 6) is 0.947. The summed E-state index contributed by atoms with van der Waals surface area (Å²) in [5.41, 5.74) is 5.60. The summed E-state index contributed by atoms with van der Waals surface area (Å²) in [4.78, 5) is 3.16. The van der Waals surface area contributed by atoms with Crippen molar-refractivity contribution in [2.75, 3.05) is 13.1 Å². The molecule has 2 nitrogen and oxygen atoms in total. The van der Waals surface area contributed by atoms with E-state index in [1.165, 1.54) is 38.6 Å². The molecule has 0 bridgehead atoms. The fourth-order valence-electron chi connectivity index (χ4n) is 2.95. The van der Waals surface area contributed by atoms with Crippen LogP contribution in [-0.4, -0.2) is 29.0 Å². The minimum absolute atomic E-state index is 0.660. The van der Waals surface area contributed by atoms with Crippen LogP contribution in [0.15, 0.2) is 0 Å². The quantitative estimate of drug-likeness (QED) is 0.682. The molecule has 2 aliphatic rings. The number of hydrogen-bond acceptors (Lipinski definition) is 2. The van der Waals surface area contributed by atoms with E-state index in [2.05, 4.69) is 4.90 Å². The van der Waals surface area contributed by atoms with Crippen molar-refractivity contribution in [3.63, 3.8) is 0 Å². The molecule has 13 heavy (non-hydrogen) atoms. The van der Waals surface area contributed by atoms with Crippen LogP contribution in [-0.2, 0) is 0 Å².